The standard InChI is InChI=1S/C13H16ClN3S2/c1-3-6-15-9(2)11-5-4-10(7-12(11)14)18-13-16-8-17-19-13/h4-5,7-9,15H,3,6H2,1-2H3. The van der Waals surface area contributed by atoms with Gasteiger partial charge in [-0.05, 0) is 49.1 Å². The molecule has 6 heteroatoms. The second-order valence-electron chi connectivity index (χ2n) is 4.17. The summed E-state index contributed by atoms with van der Waals surface area (Å²) in [5, 5.41) is 4.24. The van der Waals surface area contributed by atoms with E-state index >= 15 is 0 Å². The highest BCUT2D eigenvalue weighted by Gasteiger charge is 2.10. The fraction of sp³-hybridized carbons (Fsp3) is 0.385. The summed E-state index contributed by atoms with van der Waals surface area (Å²) in [6, 6.07) is 6.43. The topological polar surface area (TPSA) is 37.8 Å². The van der Waals surface area contributed by atoms with Crippen molar-refractivity contribution in [3.63, 3.8) is 0 Å². The van der Waals surface area contributed by atoms with E-state index in [4.69, 9.17) is 11.6 Å². The first kappa shape index (κ1) is 14.8. The lowest BCUT2D eigenvalue weighted by Gasteiger charge is -2.15. The van der Waals surface area contributed by atoms with Crippen LogP contribution >= 0.6 is 34.9 Å². The van der Waals surface area contributed by atoms with E-state index in [0.29, 0.717) is 0 Å². The van der Waals surface area contributed by atoms with Crippen LogP contribution in [0.15, 0.2) is 33.8 Å². The van der Waals surface area contributed by atoms with Crippen molar-refractivity contribution >= 4 is 34.9 Å². The minimum absolute atomic E-state index is 0.271. The summed E-state index contributed by atoms with van der Waals surface area (Å²) in [4.78, 5) is 5.25. The van der Waals surface area contributed by atoms with Gasteiger partial charge in [-0.3, -0.25) is 0 Å². The predicted molar refractivity (Wildman–Crippen MR) is 82.2 cm³/mol. The molecule has 1 aromatic heterocycles. The number of hydrogen-bond acceptors (Lipinski definition) is 5. The van der Waals surface area contributed by atoms with Gasteiger partial charge in [0.2, 0.25) is 0 Å². The third-order valence-corrected chi connectivity index (χ3v) is 4.72. The molecule has 19 heavy (non-hydrogen) atoms. The smallest absolute Gasteiger partial charge is 0.174 e. The molecule has 1 atom stereocenters. The first-order valence-electron chi connectivity index (χ1n) is 6.18. The van der Waals surface area contributed by atoms with Gasteiger partial charge in [0, 0.05) is 16.0 Å². The van der Waals surface area contributed by atoms with Crippen LogP contribution in [0.1, 0.15) is 31.9 Å². The van der Waals surface area contributed by atoms with Crippen molar-refractivity contribution in [2.24, 2.45) is 0 Å². The zero-order valence-corrected chi connectivity index (χ0v) is 13.3. The molecule has 1 unspecified atom stereocenters. The zero-order chi connectivity index (χ0) is 13.7. The Kier molecular flexibility index (Phi) is 5.63. The Labute approximate surface area is 127 Å². The molecule has 1 aromatic carbocycles. The second-order valence-corrected chi connectivity index (χ2v) is 6.68. The lowest BCUT2D eigenvalue weighted by atomic mass is 10.1. The Hall–Kier alpha value is -0.620. The summed E-state index contributed by atoms with van der Waals surface area (Å²) in [5.41, 5.74) is 1.14. The highest BCUT2D eigenvalue weighted by atomic mass is 35.5. The van der Waals surface area contributed by atoms with E-state index in [2.05, 4.69) is 40.7 Å². The molecule has 1 heterocycles. The summed E-state index contributed by atoms with van der Waals surface area (Å²) in [5.74, 6) is 0. The number of halogens is 1. The van der Waals surface area contributed by atoms with Crippen LogP contribution in [0, 0.1) is 0 Å². The number of benzene rings is 1. The molecular weight excluding hydrogens is 298 g/mol. The molecule has 0 saturated heterocycles. The van der Waals surface area contributed by atoms with Gasteiger partial charge in [0.25, 0.3) is 0 Å². The van der Waals surface area contributed by atoms with Gasteiger partial charge in [0.15, 0.2) is 4.34 Å². The molecule has 0 fully saturated rings. The van der Waals surface area contributed by atoms with Crippen molar-refractivity contribution in [3.8, 4) is 0 Å². The fourth-order valence-corrected chi connectivity index (χ4v) is 3.57. The van der Waals surface area contributed by atoms with Gasteiger partial charge in [-0.15, -0.1) is 0 Å². The minimum atomic E-state index is 0.271. The van der Waals surface area contributed by atoms with Crippen LogP contribution < -0.4 is 5.32 Å². The summed E-state index contributed by atoms with van der Waals surface area (Å²) >= 11 is 9.34. The first-order chi connectivity index (χ1) is 9.20. The third kappa shape index (κ3) is 4.18. The number of nitrogens with zero attached hydrogens (tertiary/aromatic N) is 2. The van der Waals surface area contributed by atoms with Crippen molar-refractivity contribution < 1.29 is 0 Å². The normalized spacial score (nSPS) is 12.6. The van der Waals surface area contributed by atoms with Crippen molar-refractivity contribution in [2.75, 3.05) is 6.54 Å². The average Bonchev–Trinajstić information content (AvgIpc) is 2.89. The maximum Gasteiger partial charge on any atom is 0.174 e. The molecule has 0 amide bonds. The summed E-state index contributed by atoms with van der Waals surface area (Å²) in [7, 11) is 0. The van der Waals surface area contributed by atoms with E-state index in [9.17, 15) is 0 Å². The Balaban J connectivity index is 2.08. The molecule has 102 valence electrons. The maximum absolute atomic E-state index is 6.36. The lowest BCUT2D eigenvalue weighted by molar-refractivity contribution is 0.570. The Bertz CT molecular complexity index is 517. The van der Waals surface area contributed by atoms with Crippen LogP contribution in [0.3, 0.4) is 0 Å². The van der Waals surface area contributed by atoms with Crippen LogP contribution in [-0.2, 0) is 0 Å². The van der Waals surface area contributed by atoms with Gasteiger partial charge in [0.1, 0.15) is 6.33 Å². The Morgan fingerprint density at radius 1 is 1.47 bits per heavy atom. The maximum atomic E-state index is 6.36. The Morgan fingerprint density at radius 3 is 2.95 bits per heavy atom. The Morgan fingerprint density at radius 2 is 2.32 bits per heavy atom. The first-order valence-corrected chi connectivity index (χ1v) is 8.15. The minimum Gasteiger partial charge on any atom is -0.310 e. The van der Waals surface area contributed by atoms with E-state index < -0.39 is 0 Å². The van der Waals surface area contributed by atoms with Gasteiger partial charge in [-0.25, -0.2) is 4.98 Å². The highest BCUT2D eigenvalue weighted by molar-refractivity contribution is 8.01. The molecule has 0 aliphatic rings. The molecule has 0 aliphatic carbocycles. The van der Waals surface area contributed by atoms with Gasteiger partial charge < -0.3 is 5.32 Å². The van der Waals surface area contributed by atoms with E-state index in [1.807, 2.05) is 6.07 Å². The molecule has 1 N–H and O–H groups in total. The largest absolute Gasteiger partial charge is 0.310 e. The summed E-state index contributed by atoms with van der Waals surface area (Å²) in [6.45, 7) is 5.29. The molecular formula is C13H16ClN3S2. The van der Waals surface area contributed by atoms with Crippen LogP contribution in [-0.4, -0.2) is 15.9 Å². The van der Waals surface area contributed by atoms with E-state index in [0.717, 1.165) is 32.8 Å². The van der Waals surface area contributed by atoms with Crippen molar-refractivity contribution in [1.29, 1.82) is 0 Å². The fourth-order valence-electron chi connectivity index (χ4n) is 1.70. The molecule has 0 aliphatic heterocycles. The molecule has 0 saturated carbocycles. The zero-order valence-electron chi connectivity index (χ0n) is 10.9. The molecule has 0 spiro atoms. The second kappa shape index (κ2) is 7.24. The van der Waals surface area contributed by atoms with E-state index in [-0.39, 0.29) is 6.04 Å². The van der Waals surface area contributed by atoms with Crippen LogP contribution in [0.4, 0.5) is 0 Å². The molecule has 2 rings (SSSR count). The van der Waals surface area contributed by atoms with Crippen LogP contribution in [0.25, 0.3) is 0 Å². The van der Waals surface area contributed by atoms with E-state index in [1.165, 1.54) is 11.5 Å². The molecule has 2 aromatic rings. The molecule has 0 bridgehead atoms. The SMILES string of the molecule is CCCNC(C)c1ccc(Sc2ncns2)cc1Cl. The van der Waals surface area contributed by atoms with Gasteiger partial charge in [-0.2, -0.15) is 4.37 Å². The summed E-state index contributed by atoms with van der Waals surface area (Å²) < 4.78 is 4.92. The van der Waals surface area contributed by atoms with Gasteiger partial charge >= 0.3 is 0 Å². The summed E-state index contributed by atoms with van der Waals surface area (Å²) in [6.07, 6.45) is 2.69. The van der Waals surface area contributed by atoms with Gasteiger partial charge in [-0.1, -0.05) is 36.4 Å². The molecule has 3 nitrogen and oxygen atoms in total. The van der Waals surface area contributed by atoms with Crippen molar-refractivity contribution in [1.82, 2.24) is 14.7 Å². The van der Waals surface area contributed by atoms with Gasteiger partial charge in [0.05, 0.1) is 0 Å². The van der Waals surface area contributed by atoms with Crippen molar-refractivity contribution in [3.05, 3.63) is 35.1 Å². The van der Waals surface area contributed by atoms with Crippen LogP contribution in [0.2, 0.25) is 5.02 Å². The highest BCUT2D eigenvalue weighted by Crippen LogP contribution is 2.32. The van der Waals surface area contributed by atoms with E-state index in [1.54, 1.807) is 18.1 Å². The number of aromatic nitrogens is 2. The number of hydrogen-bond donors (Lipinski definition) is 1. The average molecular weight is 314 g/mol. The number of nitrogens with one attached hydrogen (secondary N) is 1. The molecule has 0 radical (unpaired) electrons. The lowest BCUT2D eigenvalue weighted by Crippen LogP contribution is -2.19. The monoisotopic (exact) mass is 313 g/mol. The third-order valence-electron chi connectivity index (χ3n) is 2.69. The van der Waals surface area contributed by atoms with Crippen molar-refractivity contribution in [2.45, 2.75) is 35.5 Å². The number of rotatable bonds is 6. The van der Waals surface area contributed by atoms with Crippen LogP contribution in [0.5, 0.6) is 0 Å². The quantitative estimate of drug-likeness (QED) is 0.857. The predicted octanol–water partition coefficient (Wildman–Crippen LogP) is 4.40.